The third-order valence-corrected chi connectivity index (χ3v) is 9.49. The number of aryl methyl sites for hydroxylation is 1. The summed E-state index contributed by atoms with van der Waals surface area (Å²) in [6.07, 6.45) is 12.4. The second-order valence-electron chi connectivity index (χ2n) is 14.0. The summed E-state index contributed by atoms with van der Waals surface area (Å²) in [6.45, 7) is 16.6. The molecular formula is C44H68O8. The van der Waals surface area contributed by atoms with Crippen LogP contribution in [0.5, 0.6) is 5.75 Å². The quantitative estimate of drug-likeness (QED) is 0.0911. The summed E-state index contributed by atoms with van der Waals surface area (Å²) < 4.78 is 40.2. The average Bonchev–Trinajstić information content (AvgIpc) is 3.13. The highest BCUT2D eigenvalue weighted by Crippen LogP contribution is 2.42. The Labute approximate surface area is 314 Å². The maximum atomic E-state index is 10.9. The minimum atomic E-state index is -0.838. The number of hydrogen-bond donors (Lipinski definition) is 1. The summed E-state index contributed by atoms with van der Waals surface area (Å²) in [5, 5.41) is 8.99. The van der Waals surface area contributed by atoms with E-state index in [4.69, 9.17) is 33.5 Å². The molecule has 0 spiro atoms. The minimum Gasteiger partial charge on any atom is -0.493 e. The highest BCUT2D eigenvalue weighted by atomic mass is 16.6. The Morgan fingerprint density at radius 2 is 1.33 bits per heavy atom. The van der Waals surface area contributed by atoms with Crippen molar-refractivity contribution in [3.63, 3.8) is 0 Å². The lowest BCUT2D eigenvalue weighted by Gasteiger charge is -2.47. The zero-order valence-corrected chi connectivity index (χ0v) is 33.0. The first-order chi connectivity index (χ1) is 25.4. The number of hydrogen-bond acceptors (Lipinski definition) is 7. The lowest BCUT2D eigenvalue weighted by Crippen LogP contribution is -2.58. The molecule has 0 aromatic heterocycles. The van der Waals surface area contributed by atoms with Crippen LogP contribution in [0, 0.1) is 6.92 Å². The molecule has 0 unspecified atom stereocenters. The van der Waals surface area contributed by atoms with Crippen LogP contribution < -0.4 is 4.74 Å². The van der Waals surface area contributed by atoms with Gasteiger partial charge in [-0.3, -0.25) is 4.79 Å². The molecule has 1 heterocycles. The number of benzene rings is 2. The van der Waals surface area contributed by atoms with Crippen LogP contribution >= 0.6 is 0 Å². The van der Waals surface area contributed by atoms with E-state index in [9.17, 15) is 4.79 Å². The van der Waals surface area contributed by atoms with Gasteiger partial charge >= 0.3 is 5.97 Å². The zero-order chi connectivity index (χ0) is 37.6. The molecule has 8 nitrogen and oxygen atoms in total. The van der Waals surface area contributed by atoms with E-state index in [2.05, 4.69) is 65.8 Å². The van der Waals surface area contributed by atoms with Crippen molar-refractivity contribution in [2.24, 2.45) is 0 Å². The van der Waals surface area contributed by atoms with Gasteiger partial charge < -0.3 is 33.5 Å². The van der Waals surface area contributed by atoms with Gasteiger partial charge in [0.05, 0.1) is 19.6 Å². The molecule has 2 aromatic rings. The van der Waals surface area contributed by atoms with Crippen molar-refractivity contribution in [3.8, 4) is 5.75 Å². The number of carboxylic acids is 1. The van der Waals surface area contributed by atoms with Crippen LogP contribution in [0.1, 0.15) is 139 Å². The Morgan fingerprint density at radius 1 is 0.750 bits per heavy atom. The number of carboxylic acid groups (broad SMARTS) is 1. The Hall–Kier alpha value is -2.75. The molecule has 1 saturated heterocycles. The van der Waals surface area contributed by atoms with Crippen molar-refractivity contribution in [3.05, 3.63) is 70.3 Å². The molecule has 5 atom stereocenters. The molecule has 1 fully saturated rings. The van der Waals surface area contributed by atoms with E-state index >= 15 is 0 Å². The summed E-state index contributed by atoms with van der Waals surface area (Å²) in [6, 6.07) is 12.7. The van der Waals surface area contributed by atoms with Crippen molar-refractivity contribution in [1.29, 1.82) is 0 Å². The van der Waals surface area contributed by atoms with Crippen molar-refractivity contribution in [2.75, 3.05) is 39.6 Å². The molecule has 1 aliphatic heterocycles. The molecule has 1 N–H and O–H groups in total. The predicted molar refractivity (Wildman–Crippen MR) is 209 cm³/mol. The molecule has 52 heavy (non-hydrogen) atoms. The first-order valence-corrected chi connectivity index (χ1v) is 20.2. The third kappa shape index (κ3) is 14.6. The molecule has 0 bridgehead atoms. The highest BCUT2D eigenvalue weighted by molar-refractivity contribution is 5.70. The number of rotatable bonds is 27. The monoisotopic (exact) mass is 724 g/mol. The van der Waals surface area contributed by atoms with Gasteiger partial charge in [0.2, 0.25) is 0 Å². The topological polar surface area (TPSA) is 92.7 Å². The van der Waals surface area contributed by atoms with Gasteiger partial charge in [-0.05, 0) is 79.8 Å². The molecular weight excluding hydrogens is 656 g/mol. The number of unbranched alkanes of at least 4 members (excludes halogenated alkanes) is 5. The molecule has 292 valence electrons. The van der Waals surface area contributed by atoms with Crippen LogP contribution in [0.4, 0.5) is 0 Å². The Balaban J connectivity index is 2.09. The van der Waals surface area contributed by atoms with E-state index in [0.717, 1.165) is 98.6 Å². The van der Waals surface area contributed by atoms with Crippen LogP contribution in [-0.2, 0) is 34.9 Å². The SMILES string of the molecule is CCCCOC[C@H]1O[C@@H](c2cc(Cc3ccc(/C=C/CC(=O)O)cc3)c(C)cc2OCCCC)[C@H](OCCCC)[C@@H](OCCCC)[C@@H]1OCCCC. The fourth-order valence-electron chi connectivity index (χ4n) is 6.28. The standard InChI is InChI=1S/C44H68O8/c1-7-12-24-47-32-39-42(49-26-14-9-3)44(51-28-16-11-5)43(50-27-15-10-4)41(52-39)37-31-36(33(6)29-38(37)48-25-13-8-2)30-35-22-20-34(21-23-35)18-17-19-40(45)46/h17-18,20-23,29,31,39,41-44H,7-16,19,24-28,30,32H2,1-6H3,(H,45,46)/b18-17+/t39-,41+,42-,43+,44+/m1/s1. The van der Waals surface area contributed by atoms with Crippen LogP contribution in [0.15, 0.2) is 42.5 Å². The highest BCUT2D eigenvalue weighted by Gasteiger charge is 2.49. The number of carbonyl (C=O) groups is 1. The van der Waals surface area contributed by atoms with Gasteiger partial charge in [-0.15, -0.1) is 0 Å². The van der Waals surface area contributed by atoms with E-state index in [0.29, 0.717) is 39.6 Å². The largest absolute Gasteiger partial charge is 0.493 e. The van der Waals surface area contributed by atoms with Crippen molar-refractivity contribution in [1.82, 2.24) is 0 Å². The van der Waals surface area contributed by atoms with Gasteiger partial charge in [-0.1, -0.05) is 103 Å². The Bertz CT molecular complexity index is 1290. The van der Waals surface area contributed by atoms with Crippen LogP contribution in [0.3, 0.4) is 0 Å². The second kappa shape index (κ2) is 25.3. The molecule has 0 amide bonds. The maximum absolute atomic E-state index is 10.9. The summed E-state index contributed by atoms with van der Waals surface area (Å²) in [5.41, 5.74) is 5.44. The van der Waals surface area contributed by atoms with E-state index in [-0.39, 0.29) is 24.7 Å². The lowest BCUT2D eigenvalue weighted by atomic mass is 9.87. The van der Waals surface area contributed by atoms with Crippen LogP contribution in [0.2, 0.25) is 0 Å². The van der Waals surface area contributed by atoms with Crippen molar-refractivity contribution in [2.45, 2.75) is 149 Å². The van der Waals surface area contributed by atoms with Gasteiger partial charge in [-0.25, -0.2) is 0 Å². The van der Waals surface area contributed by atoms with E-state index < -0.39 is 18.2 Å². The molecule has 3 rings (SSSR count). The molecule has 2 aromatic carbocycles. The Morgan fingerprint density at radius 3 is 1.94 bits per heavy atom. The first-order valence-electron chi connectivity index (χ1n) is 20.2. The van der Waals surface area contributed by atoms with Gasteiger partial charge in [0.1, 0.15) is 36.3 Å². The summed E-state index contributed by atoms with van der Waals surface area (Å²) >= 11 is 0. The fourth-order valence-corrected chi connectivity index (χ4v) is 6.28. The lowest BCUT2D eigenvalue weighted by molar-refractivity contribution is -0.268. The van der Waals surface area contributed by atoms with Gasteiger partial charge in [0.25, 0.3) is 0 Å². The summed E-state index contributed by atoms with van der Waals surface area (Å²) in [4.78, 5) is 10.9. The first kappa shape index (κ1) is 43.7. The molecule has 0 radical (unpaired) electrons. The molecule has 0 saturated carbocycles. The van der Waals surface area contributed by atoms with Crippen LogP contribution in [-0.4, -0.2) is 75.1 Å². The zero-order valence-electron chi connectivity index (χ0n) is 33.0. The second-order valence-corrected chi connectivity index (χ2v) is 14.0. The smallest absolute Gasteiger partial charge is 0.307 e. The maximum Gasteiger partial charge on any atom is 0.307 e. The average molecular weight is 725 g/mol. The van der Waals surface area contributed by atoms with Crippen molar-refractivity contribution >= 4 is 12.0 Å². The van der Waals surface area contributed by atoms with Gasteiger partial charge in [0.15, 0.2) is 0 Å². The number of aliphatic carboxylic acids is 1. The third-order valence-electron chi connectivity index (χ3n) is 9.49. The molecule has 8 heteroatoms. The van der Waals surface area contributed by atoms with Crippen LogP contribution in [0.25, 0.3) is 6.08 Å². The van der Waals surface area contributed by atoms with E-state index in [1.165, 1.54) is 5.56 Å². The normalized spacial score (nSPS) is 20.5. The molecule has 1 aliphatic rings. The summed E-state index contributed by atoms with van der Waals surface area (Å²) in [5.74, 6) is -0.0130. The van der Waals surface area contributed by atoms with Gasteiger partial charge in [0, 0.05) is 32.0 Å². The van der Waals surface area contributed by atoms with Crippen molar-refractivity contribution < 1.29 is 38.3 Å². The van der Waals surface area contributed by atoms with Gasteiger partial charge in [-0.2, -0.15) is 0 Å². The predicted octanol–water partition coefficient (Wildman–Crippen LogP) is 10.1. The molecule has 0 aliphatic carbocycles. The van der Waals surface area contributed by atoms with E-state index in [1.807, 2.05) is 18.2 Å². The number of ether oxygens (including phenoxy) is 6. The minimum absolute atomic E-state index is 0.00459. The Kier molecular flexibility index (Phi) is 21.2. The van der Waals surface area contributed by atoms with E-state index in [1.54, 1.807) is 6.08 Å². The summed E-state index contributed by atoms with van der Waals surface area (Å²) in [7, 11) is 0. The fraction of sp³-hybridized carbons (Fsp3) is 0.659.